The fourth-order valence-corrected chi connectivity index (χ4v) is 4.63. The van der Waals surface area contributed by atoms with Crippen LogP contribution in [0.1, 0.15) is 51.0 Å². The number of nitrogens with two attached hydrogens (primary N) is 1. The molecule has 2 atom stereocenters. The van der Waals surface area contributed by atoms with Crippen molar-refractivity contribution >= 4 is 23.0 Å². The van der Waals surface area contributed by atoms with Gasteiger partial charge in [0.15, 0.2) is 5.96 Å². The zero-order valence-electron chi connectivity index (χ0n) is 17.6. The maximum absolute atomic E-state index is 12.2. The molecule has 4 N–H and O–H groups in total. The molecule has 0 amide bonds. The molecule has 0 spiro atoms. The summed E-state index contributed by atoms with van der Waals surface area (Å²) >= 11 is 1.35. The minimum absolute atomic E-state index is 0.0551. The van der Waals surface area contributed by atoms with Gasteiger partial charge in [-0.2, -0.15) is 0 Å². The average molecular weight is 421 g/mol. The van der Waals surface area contributed by atoms with Crippen LogP contribution in [0.25, 0.3) is 0 Å². The molecule has 0 saturated carbocycles. The summed E-state index contributed by atoms with van der Waals surface area (Å²) in [5, 5.41) is 10.1. The van der Waals surface area contributed by atoms with Crippen molar-refractivity contribution in [2.24, 2.45) is 11.7 Å². The van der Waals surface area contributed by atoms with E-state index in [1.807, 2.05) is 30.3 Å². The number of nitrogens with zero attached hydrogens (tertiary/aromatic N) is 1. The number of nitrogens with one attached hydrogen (secondary N) is 2. The van der Waals surface area contributed by atoms with Crippen molar-refractivity contribution in [2.45, 2.75) is 57.3 Å². The van der Waals surface area contributed by atoms with E-state index in [0.717, 1.165) is 51.0 Å². The van der Waals surface area contributed by atoms with Gasteiger partial charge in [0.25, 0.3) is 0 Å². The summed E-state index contributed by atoms with van der Waals surface area (Å²) in [4.78, 5) is 14.8. The fourth-order valence-electron chi connectivity index (χ4n) is 3.73. The Bertz CT molecular complexity index is 614. The van der Waals surface area contributed by atoms with Gasteiger partial charge in [-0.05, 0) is 75.0 Å². The highest BCUT2D eigenvalue weighted by atomic mass is 32.2. The molecule has 1 aliphatic heterocycles. The Morgan fingerprint density at radius 1 is 1.28 bits per heavy atom. The van der Waals surface area contributed by atoms with Crippen LogP contribution in [0, 0.1) is 11.3 Å². The summed E-state index contributed by atoms with van der Waals surface area (Å²) < 4.78 is 5.43. The molecule has 1 heterocycles. The van der Waals surface area contributed by atoms with Gasteiger partial charge in [0.1, 0.15) is 6.61 Å². The van der Waals surface area contributed by atoms with Gasteiger partial charge in [-0.1, -0.05) is 43.7 Å². The molecule has 2 unspecified atom stereocenters. The van der Waals surface area contributed by atoms with Crippen LogP contribution in [-0.2, 0) is 11.3 Å². The average Bonchev–Trinajstić information content (AvgIpc) is 2.95. The van der Waals surface area contributed by atoms with E-state index >= 15 is 0 Å². The minimum atomic E-state index is -0.165. The van der Waals surface area contributed by atoms with Crippen LogP contribution in [0.2, 0.25) is 0 Å². The Hall–Kier alpha value is -1.73. The molecule has 162 valence electrons. The Labute approximate surface area is 179 Å². The monoisotopic (exact) mass is 420 g/mol. The van der Waals surface area contributed by atoms with Crippen molar-refractivity contribution in [3.63, 3.8) is 0 Å². The highest BCUT2D eigenvalue weighted by Gasteiger charge is 2.24. The topological polar surface area (TPSA) is 91.4 Å². The predicted octanol–water partition coefficient (Wildman–Crippen LogP) is 4.20. The second kappa shape index (κ2) is 13.5. The van der Waals surface area contributed by atoms with Gasteiger partial charge in [0, 0.05) is 11.8 Å². The largest absolute Gasteiger partial charge is 0.453 e. The first-order valence-electron chi connectivity index (χ1n) is 10.7. The van der Waals surface area contributed by atoms with E-state index in [9.17, 15) is 4.79 Å². The zero-order chi connectivity index (χ0) is 20.9. The number of unbranched alkanes of at least 4 members (excludes halogenated alkanes) is 2. The summed E-state index contributed by atoms with van der Waals surface area (Å²) in [6.07, 6.45) is 6.90. The lowest BCUT2D eigenvalue weighted by molar-refractivity contribution is 0.168. The van der Waals surface area contributed by atoms with Gasteiger partial charge in [0.05, 0.1) is 0 Å². The van der Waals surface area contributed by atoms with Crippen molar-refractivity contribution in [1.29, 1.82) is 5.41 Å². The minimum Gasteiger partial charge on any atom is -0.453 e. The van der Waals surface area contributed by atoms with Crippen LogP contribution >= 0.6 is 11.8 Å². The van der Waals surface area contributed by atoms with E-state index in [4.69, 9.17) is 15.9 Å². The number of carbonyl (C=O) groups excluding carboxylic acids is 1. The van der Waals surface area contributed by atoms with Crippen molar-refractivity contribution in [3.8, 4) is 0 Å². The van der Waals surface area contributed by atoms with Crippen LogP contribution in [0.15, 0.2) is 30.3 Å². The van der Waals surface area contributed by atoms with Crippen LogP contribution in [-0.4, -0.2) is 47.6 Å². The number of hydrogen-bond donors (Lipinski definition) is 3. The van der Waals surface area contributed by atoms with Gasteiger partial charge in [-0.15, -0.1) is 0 Å². The molecular weight excluding hydrogens is 384 g/mol. The quantitative estimate of drug-likeness (QED) is 0.227. The maximum Gasteiger partial charge on any atom is 0.367 e. The normalized spacial score (nSPS) is 18.6. The fraction of sp³-hybridized carbons (Fsp3) is 0.636. The summed E-state index contributed by atoms with van der Waals surface area (Å²) in [6.45, 7) is 6.69. The molecule has 1 fully saturated rings. The second-order valence-electron chi connectivity index (χ2n) is 7.78. The Morgan fingerprint density at radius 2 is 2.07 bits per heavy atom. The number of hydrogen-bond acceptors (Lipinski definition) is 5. The molecule has 1 aromatic rings. The van der Waals surface area contributed by atoms with Gasteiger partial charge < -0.3 is 20.7 Å². The summed E-state index contributed by atoms with van der Waals surface area (Å²) in [5.74, 6) is 0.619. The maximum atomic E-state index is 12.2. The number of guanidine groups is 1. The lowest BCUT2D eigenvalue weighted by Gasteiger charge is -2.22. The Kier molecular flexibility index (Phi) is 11.0. The molecule has 2 rings (SSSR count). The van der Waals surface area contributed by atoms with Gasteiger partial charge >= 0.3 is 5.30 Å². The van der Waals surface area contributed by atoms with Crippen LogP contribution in [0.3, 0.4) is 0 Å². The number of benzene rings is 1. The molecular formula is C22H36N4O2S. The van der Waals surface area contributed by atoms with E-state index < -0.39 is 0 Å². The first-order valence-corrected chi connectivity index (χ1v) is 11.6. The van der Waals surface area contributed by atoms with Gasteiger partial charge in [-0.3, -0.25) is 5.41 Å². The molecule has 0 radical (unpaired) electrons. The number of thioether (sulfide) groups is 1. The first kappa shape index (κ1) is 23.5. The number of ether oxygens (including phenoxy) is 1. The lowest BCUT2D eigenvalue weighted by atomic mass is 9.97. The third-order valence-electron chi connectivity index (χ3n) is 5.48. The van der Waals surface area contributed by atoms with Crippen molar-refractivity contribution in [3.05, 3.63) is 35.9 Å². The molecule has 1 aromatic carbocycles. The second-order valence-corrected chi connectivity index (χ2v) is 9.09. The molecule has 0 bridgehead atoms. The summed E-state index contributed by atoms with van der Waals surface area (Å²) in [7, 11) is 0. The predicted molar refractivity (Wildman–Crippen MR) is 121 cm³/mol. The number of likely N-dealkylation sites (tertiary alicyclic amines) is 1. The third-order valence-corrected chi connectivity index (χ3v) is 6.54. The van der Waals surface area contributed by atoms with E-state index in [-0.39, 0.29) is 16.5 Å². The SMILES string of the molecule is CC(SC(=O)OCc1ccccc1)C1CCCN(CCCCCNC(=N)N)CC1. The van der Waals surface area contributed by atoms with E-state index in [2.05, 4.69) is 17.1 Å². The van der Waals surface area contributed by atoms with Crippen molar-refractivity contribution < 1.29 is 9.53 Å². The van der Waals surface area contributed by atoms with Gasteiger partial charge in [0.2, 0.25) is 0 Å². The molecule has 0 aromatic heterocycles. The first-order chi connectivity index (χ1) is 14.0. The molecule has 7 heteroatoms. The summed E-state index contributed by atoms with van der Waals surface area (Å²) in [5.41, 5.74) is 6.31. The van der Waals surface area contributed by atoms with Crippen molar-refractivity contribution in [1.82, 2.24) is 10.2 Å². The number of rotatable bonds is 10. The smallest absolute Gasteiger partial charge is 0.367 e. The van der Waals surface area contributed by atoms with Crippen LogP contribution in [0.4, 0.5) is 4.79 Å². The van der Waals surface area contributed by atoms with Crippen LogP contribution in [0.5, 0.6) is 0 Å². The van der Waals surface area contributed by atoms with Crippen molar-refractivity contribution in [2.75, 3.05) is 26.2 Å². The Morgan fingerprint density at radius 3 is 2.83 bits per heavy atom. The highest BCUT2D eigenvalue weighted by molar-refractivity contribution is 8.13. The van der Waals surface area contributed by atoms with E-state index in [1.54, 1.807) is 0 Å². The standard InChI is InChI=1S/C22H36N4O2S/c1-18(29-22(27)28-17-19-9-4-2-5-10-19)20-11-8-15-26(16-12-20)14-7-3-6-13-25-21(23)24/h2,4-5,9-10,18,20H,3,6-8,11-17H2,1H3,(H4,23,24,25). The zero-order valence-corrected chi connectivity index (χ0v) is 18.4. The van der Waals surface area contributed by atoms with E-state index in [1.165, 1.54) is 31.0 Å². The summed E-state index contributed by atoms with van der Waals surface area (Å²) in [6, 6.07) is 9.82. The Balaban J connectivity index is 1.61. The molecule has 0 aliphatic carbocycles. The molecule has 6 nitrogen and oxygen atoms in total. The highest BCUT2D eigenvalue weighted by Crippen LogP contribution is 2.30. The molecule has 1 aliphatic rings. The third kappa shape index (κ3) is 10.0. The lowest BCUT2D eigenvalue weighted by Crippen LogP contribution is -2.31. The molecule has 1 saturated heterocycles. The van der Waals surface area contributed by atoms with Crippen LogP contribution < -0.4 is 11.1 Å². The molecule has 29 heavy (non-hydrogen) atoms. The van der Waals surface area contributed by atoms with E-state index in [0.29, 0.717) is 12.5 Å². The number of carbonyl (C=O) groups is 1. The van der Waals surface area contributed by atoms with Gasteiger partial charge in [-0.25, -0.2) is 4.79 Å².